The molecular formula is C30H48O9. The number of cyclic esters (lactones) is 3. The van der Waals surface area contributed by atoms with Gasteiger partial charge in [0.25, 0.3) is 0 Å². The number of fused-ring (bicyclic) bond motifs is 6. The molecule has 12 atom stereocenters. The van der Waals surface area contributed by atoms with Crippen LogP contribution in [0.5, 0.6) is 0 Å². The standard InChI is InChI=1S/C30H48O9/c1-16-13-22-7-10-26(37-22)20(5)29(32)35-18(3)15-24-9-12-27(39-24)21(6)30(33)36-17(2)14-23-8-11-25(38-23)19(4)28(31)34-16/h16-27H,7-15H2,1-6H3/t16-,17-,18-,19-,20+,21+,22-,23-,24-,25+,26+,27+/m0/s1. The van der Waals surface area contributed by atoms with Crippen molar-refractivity contribution in [1.82, 2.24) is 0 Å². The highest BCUT2D eigenvalue weighted by Crippen LogP contribution is 2.33. The predicted molar refractivity (Wildman–Crippen MR) is 142 cm³/mol. The second-order valence-electron chi connectivity index (χ2n) is 12.4. The molecule has 0 aliphatic carbocycles. The number of carbonyl (C=O) groups is 3. The third kappa shape index (κ3) is 7.94. The minimum absolute atomic E-state index is 0.0616. The van der Waals surface area contributed by atoms with Crippen molar-refractivity contribution in [2.24, 2.45) is 17.8 Å². The van der Waals surface area contributed by atoms with E-state index in [-0.39, 0.29) is 90.6 Å². The summed E-state index contributed by atoms with van der Waals surface area (Å²) in [6.07, 6.45) is 4.78. The lowest BCUT2D eigenvalue weighted by atomic mass is 10.0. The number of hydrogen-bond donors (Lipinski definition) is 0. The van der Waals surface area contributed by atoms with Gasteiger partial charge in [-0.1, -0.05) is 0 Å². The van der Waals surface area contributed by atoms with Gasteiger partial charge in [0.1, 0.15) is 18.3 Å². The van der Waals surface area contributed by atoms with Gasteiger partial charge in [-0.25, -0.2) is 0 Å². The highest BCUT2D eigenvalue weighted by Gasteiger charge is 2.39. The number of rotatable bonds is 0. The van der Waals surface area contributed by atoms with Crippen molar-refractivity contribution in [3.8, 4) is 0 Å². The highest BCUT2D eigenvalue weighted by atomic mass is 16.6. The average Bonchev–Trinajstić information content (AvgIpc) is 3.63. The van der Waals surface area contributed by atoms with Crippen molar-refractivity contribution in [3.05, 3.63) is 0 Å². The second kappa shape index (κ2) is 13.3. The normalized spacial score (nSPS) is 45.2. The van der Waals surface area contributed by atoms with Crippen LogP contribution < -0.4 is 0 Å². The molecule has 4 heterocycles. The van der Waals surface area contributed by atoms with Crippen LogP contribution in [0, 0.1) is 17.8 Å². The molecule has 0 amide bonds. The van der Waals surface area contributed by atoms with Crippen LogP contribution in [-0.4, -0.2) is 72.8 Å². The van der Waals surface area contributed by atoms with Gasteiger partial charge in [-0.2, -0.15) is 0 Å². The molecule has 0 saturated carbocycles. The maximum Gasteiger partial charge on any atom is 0.311 e. The third-order valence-electron chi connectivity index (χ3n) is 8.95. The van der Waals surface area contributed by atoms with Gasteiger partial charge >= 0.3 is 17.9 Å². The summed E-state index contributed by atoms with van der Waals surface area (Å²) in [5.41, 5.74) is 0. The first-order valence-electron chi connectivity index (χ1n) is 15.1. The maximum atomic E-state index is 12.9. The smallest absolute Gasteiger partial charge is 0.311 e. The first-order valence-corrected chi connectivity index (χ1v) is 15.1. The van der Waals surface area contributed by atoms with E-state index in [2.05, 4.69) is 0 Å². The number of carbonyl (C=O) groups excluding carboxylic acids is 3. The minimum Gasteiger partial charge on any atom is -0.462 e. The Morgan fingerprint density at radius 3 is 0.949 bits per heavy atom. The fourth-order valence-electron chi connectivity index (χ4n) is 6.45. The molecule has 4 fully saturated rings. The van der Waals surface area contributed by atoms with E-state index in [1.54, 1.807) is 0 Å². The molecule has 9 heteroatoms. The molecule has 0 aromatic heterocycles. The minimum atomic E-state index is -0.387. The lowest BCUT2D eigenvalue weighted by molar-refractivity contribution is -0.162. The van der Waals surface area contributed by atoms with E-state index in [1.807, 2.05) is 41.5 Å². The molecule has 4 saturated heterocycles. The molecule has 0 spiro atoms. The van der Waals surface area contributed by atoms with Gasteiger partial charge in [-0.15, -0.1) is 0 Å². The quantitative estimate of drug-likeness (QED) is 0.317. The molecule has 39 heavy (non-hydrogen) atoms. The van der Waals surface area contributed by atoms with Gasteiger partial charge in [0, 0.05) is 19.3 Å². The summed E-state index contributed by atoms with van der Waals surface area (Å²) >= 11 is 0. The van der Waals surface area contributed by atoms with E-state index in [1.165, 1.54) is 0 Å². The molecule has 222 valence electrons. The summed E-state index contributed by atoms with van der Waals surface area (Å²) in [5, 5.41) is 0. The van der Waals surface area contributed by atoms with Crippen molar-refractivity contribution in [3.63, 3.8) is 0 Å². The Bertz CT molecular complexity index is 752. The zero-order valence-electron chi connectivity index (χ0n) is 24.5. The Morgan fingerprint density at radius 1 is 0.436 bits per heavy atom. The van der Waals surface area contributed by atoms with Crippen molar-refractivity contribution in [2.45, 2.75) is 154 Å². The first kappa shape index (κ1) is 30.3. The average molecular weight is 553 g/mol. The Kier molecular flexibility index (Phi) is 10.3. The van der Waals surface area contributed by atoms with E-state index in [4.69, 9.17) is 28.4 Å². The van der Waals surface area contributed by atoms with Crippen LogP contribution in [0.1, 0.15) is 99.3 Å². The van der Waals surface area contributed by atoms with Gasteiger partial charge < -0.3 is 28.4 Å². The molecule has 9 nitrogen and oxygen atoms in total. The van der Waals surface area contributed by atoms with E-state index in [0.29, 0.717) is 19.3 Å². The van der Waals surface area contributed by atoms with E-state index in [0.717, 1.165) is 38.5 Å². The topological polar surface area (TPSA) is 107 Å². The van der Waals surface area contributed by atoms with E-state index < -0.39 is 0 Å². The number of esters is 3. The van der Waals surface area contributed by atoms with Crippen LogP contribution in [0.2, 0.25) is 0 Å². The first-order chi connectivity index (χ1) is 18.5. The van der Waals surface area contributed by atoms with Gasteiger partial charge in [-0.05, 0) is 80.1 Å². The fourth-order valence-corrected chi connectivity index (χ4v) is 6.45. The molecular weight excluding hydrogens is 504 g/mol. The molecule has 4 aliphatic rings. The summed E-state index contributed by atoms with van der Waals surface area (Å²) in [7, 11) is 0. The summed E-state index contributed by atoms with van der Waals surface area (Å²) in [6, 6.07) is 0. The van der Waals surface area contributed by atoms with Crippen molar-refractivity contribution >= 4 is 17.9 Å². The Morgan fingerprint density at radius 2 is 0.692 bits per heavy atom. The van der Waals surface area contributed by atoms with Crippen LogP contribution in [-0.2, 0) is 42.8 Å². The molecule has 0 radical (unpaired) electrons. The summed E-state index contributed by atoms with van der Waals surface area (Å²) in [4.78, 5) is 38.6. The SMILES string of the molecule is C[C@@H]1C(=O)O[C@@H](C)C[C@@H]2CC[C@@H](O2)[C@@H](C)C(=O)O[C@@H](C)C[C@@H]2CC[C@@H](O2)[C@@H](C)C(=O)O[C@@H](C)C[C@@H]2CC[C@H]1O2. The molecule has 4 aliphatic heterocycles. The fraction of sp³-hybridized carbons (Fsp3) is 0.900. The Balaban J connectivity index is 1.41. The van der Waals surface area contributed by atoms with Crippen molar-refractivity contribution in [2.75, 3.05) is 0 Å². The van der Waals surface area contributed by atoms with Crippen LogP contribution >= 0.6 is 0 Å². The van der Waals surface area contributed by atoms with Crippen LogP contribution in [0.25, 0.3) is 0 Å². The largest absolute Gasteiger partial charge is 0.462 e. The molecule has 6 bridgehead atoms. The summed E-state index contributed by atoms with van der Waals surface area (Å²) in [5.74, 6) is -1.98. The van der Waals surface area contributed by atoms with E-state index in [9.17, 15) is 14.4 Å². The van der Waals surface area contributed by atoms with Crippen molar-refractivity contribution in [1.29, 1.82) is 0 Å². The van der Waals surface area contributed by atoms with Gasteiger partial charge in [-0.3, -0.25) is 14.4 Å². The maximum absolute atomic E-state index is 12.9. The van der Waals surface area contributed by atoms with Crippen LogP contribution in [0.4, 0.5) is 0 Å². The van der Waals surface area contributed by atoms with Crippen molar-refractivity contribution < 1.29 is 42.8 Å². The van der Waals surface area contributed by atoms with Crippen LogP contribution in [0.15, 0.2) is 0 Å². The number of ether oxygens (including phenoxy) is 6. The third-order valence-corrected chi connectivity index (χ3v) is 8.95. The van der Waals surface area contributed by atoms with Gasteiger partial charge in [0.2, 0.25) is 0 Å². The second-order valence-corrected chi connectivity index (χ2v) is 12.4. The molecule has 0 unspecified atom stereocenters. The summed E-state index contributed by atoms with van der Waals surface area (Å²) < 4.78 is 35.9. The Labute approximate surface area is 232 Å². The monoisotopic (exact) mass is 552 g/mol. The summed E-state index contributed by atoms with van der Waals surface area (Å²) in [6.45, 7) is 11.2. The molecule has 4 rings (SSSR count). The molecule has 0 aromatic carbocycles. The van der Waals surface area contributed by atoms with Crippen LogP contribution in [0.3, 0.4) is 0 Å². The van der Waals surface area contributed by atoms with Gasteiger partial charge in [0.05, 0.1) is 54.4 Å². The highest BCUT2D eigenvalue weighted by molar-refractivity contribution is 5.74. The predicted octanol–water partition coefficient (Wildman–Crippen LogP) is 4.52. The lowest BCUT2D eigenvalue weighted by Gasteiger charge is -2.26. The van der Waals surface area contributed by atoms with Gasteiger partial charge in [0.15, 0.2) is 0 Å². The zero-order chi connectivity index (χ0) is 28.3. The molecule has 0 aromatic rings. The lowest BCUT2D eigenvalue weighted by Crippen LogP contribution is -2.34. The van der Waals surface area contributed by atoms with E-state index >= 15 is 0 Å². The number of hydrogen-bond acceptors (Lipinski definition) is 9. The Hall–Kier alpha value is -1.71. The zero-order valence-corrected chi connectivity index (χ0v) is 24.5. The molecule has 0 N–H and O–H groups in total.